The third-order valence-corrected chi connectivity index (χ3v) is 10.3. The molecule has 4 atom stereocenters. The summed E-state index contributed by atoms with van der Waals surface area (Å²) in [6, 6.07) is 4.63. The monoisotopic (exact) mass is 596 g/mol. The first kappa shape index (κ1) is 30.4. The van der Waals surface area contributed by atoms with E-state index in [1.165, 1.54) is 12.1 Å². The number of carbonyl (C=O) groups is 1. The molecule has 0 bridgehead atoms. The van der Waals surface area contributed by atoms with Crippen molar-refractivity contribution in [3.63, 3.8) is 0 Å². The Morgan fingerprint density at radius 1 is 1.11 bits per heavy atom. The van der Waals surface area contributed by atoms with Gasteiger partial charge in [-0.3, -0.25) is 4.79 Å². The van der Waals surface area contributed by atoms with Crippen LogP contribution in [0.2, 0.25) is 5.02 Å². The lowest BCUT2D eigenvalue weighted by atomic mass is 9.68. The Hall–Kier alpha value is -2.19. The number of sulfone groups is 1. The number of rotatable bonds is 8. The largest absolute Gasteiger partial charge is 0.388 e. The molecular weight excluding hydrogens is 569 g/mol. The molecule has 0 saturated heterocycles. The summed E-state index contributed by atoms with van der Waals surface area (Å²) in [5.74, 6) is -6.80. The minimum Gasteiger partial charge on any atom is -0.388 e. The average molecular weight is 597 g/mol. The van der Waals surface area contributed by atoms with E-state index in [-0.39, 0.29) is 40.6 Å². The lowest BCUT2D eigenvalue weighted by molar-refractivity contribution is -0.0831. The molecule has 0 radical (unpaired) electrons. The summed E-state index contributed by atoms with van der Waals surface area (Å²) in [4.78, 5) is 12.4. The Morgan fingerprint density at radius 3 is 2.26 bits per heavy atom. The van der Waals surface area contributed by atoms with Gasteiger partial charge in [0.05, 0.1) is 27.0 Å². The zero-order chi connectivity index (χ0) is 28.6. The predicted octanol–water partition coefficient (Wildman–Crippen LogP) is 3.89. The van der Waals surface area contributed by atoms with Gasteiger partial charge in [-0.15, -0.1) is 0 Å². The van der Waals surface area contributed by atoms with Gasteiger partial charge in [-0.1, -0.05) is 31.9 Å². The summed E-state index contributed by atoms with van der Waals surface area (Å²) in [6.07, 6.45) is 1.36. The van der Waals surface area contributed by atoms with Gasteiger partial charge in [-0.05, 0) is 42.9 Å². The fourth-order valence-corrected chi connectivity index (χ4v) is 7.78. The van der Waals surface area contributed by atoms with Gasteiger partial charge < -0.3 is 10.4 Å². The van der Waals surface area contributed by atoms with Gasteiger partial charge in [0.2, 0.25) is 10.0 Å². The first-order valence-electron chi connectivity index (χ1n) is 11.7. The Labute approximate surface area is 224 Å². The molecule has 3 rings (SSSR count). The molecule has 1 aliphatic rings. The summed E-state index contributed by atoms with van der Waals surface area (Å²) in [7, 11) is -7.73. The molecule has 0 heterocycles. The summed E-state index contributed by atoms with van der Waals surface area (Å²) < 4.78 is 93.0. The molecule has 2 aromatic rings. The first-order valence-corrected chi connectivity index (χ1v) is 15.5. The number of hydrogen-bond acceptors (Lipinski definition) is 6. The van der Waals surface area contributed by atoms with E-state index in [0.29, 0.717) is 18.6 Å². The fourth-order valence-electron chi connectivity index (χ4n) is 4.83. The predicted molar refractivity (Wildman–Crippen MR) is 137 cm³/mol. The van der Waals surface area contributed by atoms with Crippen molar-refractivity contribution in [2.75, 3.05) is 18.1 Å². The second kappa shape index (κ2) is 11.1. The number of benzene rings is 2. The average Bonchev–Trinajstić information content (AvgIpc) is 2.82. The second-order valence-corrected chi connectivity index (χ2v) is 14.0. The van der Waals surface area contributed by atoms with Crippen molar-refractivity contribution < 1.29 is 39.9 Å². The van der Waals surface area contributed by atoms with E-state index in [2.05, 4.69) is 10.0 Å². The number of nitrogens with one attached hydrogen (secondary N) is 2. The molecule has 1 unspecified atom stereocenters. The van der Waals surface area contributed by atoms with E-state index < -0.39 is 65.9 Å². The van der Waals surface area contributed by atoms with Crippen molar-refractivity contribution >= 4 is 43.1 Å². The molecule has 14 heteroatoms. The van der Waals surface area contributed by atoms with E-state index in [1.807, 2.05) is 0 Å². The van der Waals surface area contributed by atoms with E-state index in [0.717, 1.165) is 12.3 Å². The number of anilines is 1. The maximum atomic E-state index is 13.7. The number of amides is 1. The Morgan fingerprint density at radius 2 is 1.71 bits per heavy atom. The Kier molecular flexibility index (Phi) is 8.89. The van der Waals surface area contributed by atoms with Crippen LogP contribution < -0.4 is 10.0 Å². The number of sulfonamides is 1. The molecule has 8 nitrogen and oxygen atoms in total. The Balaban J connectivity index is 1.89. The maximum Gasteiger partial charge on any atom is 0.255 e. The topological polar surface area (TPSA) is 130 Å². The van der Waals surface area contributed by atoms with E-state index >= 15 is 0 Å². The van der Waals surface area contributed by atoms with Crippen molar-refractivity contribution in [1.82, 2.24) is 4.72 Å². The third kappa shape index (κ3) is 6.33. The van der Waals surface area contributed by atoms with Crippen LogP contribution in [0.25, 0.3) is 0 Å². The number of aliphatic hydroxyl groups is 1. The minimum atomic E-state index is -4.14. The smallest absolute Gasteiger partial charge is 0.255 e. The van der Waals surface area contributed by atoms with Crippen molar-refractivity contribution in [2.24, 2.45) is 11.8 Å². The van der Waals surface area contributed by atoms with Crippen LogP contribution in [-0.4, -0.2) is 51.5 Å². The van der Waals surface area contributed by atoms with Gasteiger partial charge in [-0.25, -0.2) is 34.7 Å². The third-order valence-electron chi connectivity index (χ3n) is 7.01. The van der Waals surface area contributed by atoms with Gasteiger partial charge in [0.1, 0.15) is 0 Å². The highest BCUT2D eigenvalue weighted by Crippen LogP contribution is 2.44. The molecule has 2 aromatic carbocycles. The van der Waals surface area contributed by atoms with Crippen molar-refractivity contribution in [3.05, 3.63) is 58.4 Å². The maximum absolute atomic E-state index is 13.7. The number of carbonyl (C=O) groups excluding carboxylic acids is 1. The van der Waals surface area contributed by atoms with Crippen LogP contribution in [0.1, 0.15) is 43.5 Å². The molecule has 1 amide bonds. The van der Waals surface area contributed by atoms with E-state index in [4.69, 9.17) is 11.6 Å². The summed E-state index contributed by atoms with van der Waals surface area (Å²) >= 11 is 6.21. The van der Waals surface area contributed by atoms with Crippen LogP contribution in [-0.2, 0) is 19.9 Å². The molecule has 0 aromatic heterocycles. The molecule has 1 saturated carbocycles. The molecular formula is C24H28ClF3N2O6S2. The van der Waals surface area contributed by atoms with Gasteiger partial charge in [-0.2, -0.15) is 0 Å². The highest BCUT2D eigenvalue weighted by atomic mass is 35.5. The number of hydrogen-bond donors (Lipinski definition) is 3. The lowest BCUT2D eigenvalue weighted by Crippen LogP contribution is -2.57. The van der Waals surface area contributed by atoms with E-state index in [1.54, 1.807) is 13.8 Å². The highest BCUT2D eigenvalue weighted by Gasteiger charge is 2.50. The normalized spacial score (nSPS) is 24.3. The summed E-state index contributed by atoms with van der Waals surface area (Å²) in [6.45, 7) is 3.14. The zero-order valence-corrected chi connectivity index (χ0v) is 23.2. The van der Waals surface area contributed by atoms with Crippen LogP contribution in [0.4, 0.5) is 18.9 Å². The van der Waals surface area contributed by atoms with Gasteiger partial charge in [0.15, 0.2) is 27.3 Å². The quantitative estimate of drug-likeness (QED) is 0.397. The molecule has 1 fully saturated rings. The van der Waals surface area contributed by atoms with Crippen LogP contribution in [0.15, 0.2) is 35.2 Å². The lowest BCUT2D eigenvalue weighted by Gasteiger charge is -2.47. The standard InChI is InChI=1S/C24H28ClF3N2O6S2/c1-4-15-9-17(7-13(2)24(15,32)12-29-37(3,33)34)38(35,36)21-8-14(5-6-18(21)25)23(31)30-16-10-19(26)22(28)20(27)11-16/h5-6,8,10-11,13,15,17,29,32H,4,7,9,12H2,1-3H3,(H,30,31)/t13-,15?,17-,24+/m0/s1. The second-order valence-electron chi connectivity index (χ2n) is 9.58. The zero-order valence-electron chi connectivity index (χ0n) is 20.8. The SMILES string of the molecule is CCC1C[C@@H](S(=O)(=O)c2cc(C(=O)Nc3cc(F)c(F)c(F)c3)ccc2Cl)C[C@H](C)[C@]1(O)CNS(C)(=O)=O. The van der Waals surface area contributed by atoms with Crippen molar-refractivity contribution in [3.8, 4) is 0 Å². The highest BCUT2D eigenvalue weighted by molar-refractivity contribution is 7.92. The molecule has 210 valence electrons. The molecule has 0 aliphatic heterocycles. The van der Waals surface area contributed by atoms with E-state index in [9.17, 15) is 39.9 Å². The van der Waals surface area contributed by atoms with Crippen LogP contribution in [0.5, 0.6) is 0 Å². The van der Waals surface area contributed by atoms with Crippen molar-refractivity contribution in [1.29, 1.82) is 0 Å². The summed E-state index contributed by atoms with van der Waals surface area (Å²) in [5, 5.41) is 12.4. The first-order chi connectivity index (χ1) is 17.5. The van der Waals surface area contributed by atoms with Gasteiger partial charge >= 0.3 is 0 Å². The van der Waals surface area contributed by atoms with Gasteiger partial charge in [0, 0.05) is 29.9 Å². The molecule has 0 spiro atoms. The van der Waals surface area contributed by atoms with Crippen LogP contribution in [0.3, 0.4) is 0 Å². The minimum absolute atomic E-state index is 0.00165. The van der Waals surface area contributed by atoms with Crippen molar-refractivity contribution in [2.45, 2.75) is 48.9 Å². The summed E-state index contributed by atoms with van der Waals surface area (Å²) in [5.41, 5.74) is -2.03. The number of halogens is 4. The van der Waals surface area contributed by atoms with Gasteiger partial charge in [0.25, 0.3) is 5.91 Å². The molecule has 3 N–H and O–H groups in total. The molecule has 38 heavy (non-hydrogen) atoms. The van der Waals surface area contributed by atoms with Crippen LogP contribution in [0, 0.1) is 29.3 Å². The molecule has 1 aliphatic carbocycles. The fraction of sp³-hybridized carbons (Fsp3) is 0.458. The Bertz CT molecular complexity index is 1430. The van der Waals surface area contributed by atoms with Crippen LogP contribution >= 0.6 is 11.6 Å².